The number of methoxy groups -OCH3 is 1. The Hall–Kier alpha value is -1.96. The normalized spacial score (nSPS) is 11.3. The number of ether oxygens (including phenoxy) is 1. The molecule has 0 amide bonds. The Morgan fingerprint density at radius 3 is 2.61 bits per heavy atom. The summed E-state index contributed by atoms with van der Waals surface area (Å²) in [6, 6.07) is 9.46. The third-order valence-corrected chi connectivity index (χ3v) is 4.79. The molecule has 0 aliphatic heterocycles. The largest absolute Gasteiger partial charge is 0.465 e. The van der Waals surface area contributed by atoms with E-state index in [4.69, 9.17) is 11.6 Å². The first-order valence-electron chi connectivity index (χ1n) is 6.46. The number of esters is 1. The molecule has 0 spiro atoms. The molecule has 122 valence electrons. The third-order valence-electron chi connectivity index (χ3n) is 3.06. The standard InChI is InChI=1S/C15H13ClFNO4S/c1-22-15(19)12-8-11(6-7-13(12)16)23(20,21)18-9-10-4-2-3-5-14(10)17/h2-8,18H,9H2,1H3. The van der Waals surface area contributed by atoms with E-state index in [2.05, 4.69) is 9.46 Å². The summed E-state index contributed by atoms with van der Waals surface area (Å²) in [7, 11) is -2.78. The van der Waals surface area contributed by atoms with Crippen LogP contribution in [0.15, 0.2) is 47.4 Å². The molecule has 2 aromatic rings. The Labute approximate surface area is 138 Å². The lowest BCUT2D eigenvalue weighted by Gasteiger charge is -2.09. The van der Waals surface area contributed by atoms with E-state index in [1.807, 2.05) is 0 Å². The van der Waals surface area contributed by atoms with Crippen LogP contribution in [0.3, 0.4) is 0 Å². The van der Waals surface area contributed by atoms with Crippen LogP contribution in [0.5, 0.6) is 0 Å². The highest BCUT2D eigenvalue weighted by Crippen LogP contribution is 2.21. The van der Waals surface area contributed by atoms with E-state index in [9.17, 15) is 17.6 Å². The molecule has 2 rings (SSSR count). The molecule has 2 aromatic carbocycles. The van der Waals surface area contributed by atoms with E-state index in [-0.39, 0.29) is 27.6 Å². The van der Waals surface area contributed by atoms with Gasteiger partial charge in [0.15, 0.2) is 0 Å². The van der Waals surface area contributed by atoms with E-state index in [0.717, 1.165) is 13.2 Å². The van der Waals surface area contributed by atoms with Crippen LogP contribution >= 0.6 is 11.6 Å². The predicted molar refractivity (Wildman–Crippen MR) is 83.2 cm³/mol. The molecule has 23 heavy (non-hydrogen) atoms. The van der Waals surface area contributed by atoms with E-state index in [1.165, 1.54) is 30.3 Å². The van der Waals surface area contributed by atoms with Crippen molar-refractivity contribution in [2.24, 2.45) is 0 Å². The predicted octanol–water partition coefficient (Wildman–Crippen LogP) is 2.74. The third kappa shape index (κ3) is 4.07. The summed E-state index contributed by atoms with van der Waals surface area (Å²) >= 11 is 5.85. The summed E-state index contributed by atoms with van der Waals surface area (Å²) in [6.07, 6.45) is 0. The highest BCUT2D eigenvalue weighted by molar-refractivity contribution is 7.89. The van der Waals surface area contributed by atoms with Gasteiger partial charge in [-0.05, 0) is 24.3 Å². The summed E-state index contributed by atoms with van der Waals surface area (Å²) < 4.78 is 44.9. The zero-order valence-corrected chi connectivity index (χ0v) is 13.6. The summed E-state index contributed by atoms with van der Waals surface area (Å²) in [5.41, 5.74) is 0.140. The molecule has 0 fully saturated rings. The lowest BCUT2D eigenvalue weighted by molar-refractivity contribution is 0.0600. The van der Waals surface area contributed by atoms with Crippen molar-refractivity contribution in [3.63, 3.8) is 0 Å². The SMILES string of the molecule is COC(=O)c1cc(S(=O)(=O)NCc2ccccc2F)ccc1Cl. The molecule has 0 radical (unpaired) electrons. The Balaban J connectivity index is 2.26. The van der Waals surface area contributed by atoms with Crippen LogP contribution < -0.4 is 4.72 Å². The minimum Gasteiger partial charge on any atom is -0.465 e. The fourth-order valence-electron chi connectivity index (χ4n) is 1.84. The molecule has 8 heteroatoms. The summed E-state index contributed by atoms with van der Waals surface area (Å²) in [5.74, 6) is -1.26. The number of rotatable bonds is 5. The van der Waals surface area contributed by atoms with Crippen LogP contribution in [-0.4, -0.2) is 21.5 Å². The number of sulfonamides is 1. The van der Waals surface area contributed by atoms with Crippen LogP contribution in [0, 0.1) is 5.82 Å². The lowest BCUT2D eigenvalue weighted by Crippen LogP contribution is -2.24. The lowest BCUT2D eigenvalue weighted by atomic mass is 10.2. The van der Waals surface area contributed by atoms with Gasteiger partial charge in [-0.2, -0.15) is 0 Å². The van der Waals surface area contributed by atoms with Crippen LogP contribution in [0.2, 0.25) is 5.02 Å². The van der Waals surface area contributed by atoms with E-state index in [0.29, 0.717) is 0 Å². The zero-order valence-electron chi connectivity index (χ0n) is 12.0. The maximum absolute atomic E-state index is 13.5. The monoisotopic (exact) mass is 357 g/mol. The minimum absolute atomic E-state index is 0.0667. The second kappa shape index (κ2) is 7.08. The van der Waals surface area contributed by atoms with Gasteiger partial charge < -0.3 is 4.74 Å². The fourth-order valence-corrected chi connectivity index (χ4v) is 3.06. The van der Waals surface area contributed by atoms with Crippen molar-refractivity contribution in [2.75, 3.05) is 7.11 Å². The maximum atomic E-state index is 13.5. The van der Waals surface area contributed by atoms with Gasteiger partial charge in [0.2, 0.25) is 10.0 Å². The van der Waals surface area contributed by atoms with Gasteiger partial charge in [-0.1, -0.05) is 29.8 Å². The van der Waals surface area contributed by atoms with Crippen molar-refractivity contribution in [3.05, 3.63) is 64.4 Å². The fraction of sp³-hybridized carbons (Fsp3) is 0.133. The highest BCUT2D eigenvalue weighted by atomic mass is 35.5. The zero-order chi connectivity index (χ0) is 17.0. The van der Waals surface area contributed by atoms with Gasteiger partial charge in [-0.15, -0.1) is 0 Å². The molecule has 0 heterocycles. The van der Waals surface area contributed by atoms with Crippen LogP contribution in [0.4, 0.5) is 4.39 Å². The number of benzene rings is 2. The quantitative estimate of drug-likeness (QED) is 0.835. The van der Waals surface area contributed by atoms with Gasteiger partial charge >= 0.3 is 5.97 Å². The molecule has 0 atom stereocenters. The first kappa shape index (κ1) is 17.4. The number of halogens is 2. The highest BCUT2D eigenvalue weighted by Gasteiger charge is 2.19. The average molecular weight is 358 g/mol. The van der Waals surface area contributed by atoms with Crippen molar-refractivity contribution in [2.45, 2.75) is 11.4 Å². The summed E-state index contributed by atoms with van der Waals surface area (Å²) in [5, 5.41) is 0.0740. The van der Waals surface area contributed by atoms with Crippen molar-refractivity contribution in [1.29, 1.82) is 0 Å². The topological polar surface area (TPSA) is 72.5 Å². The average Bonchev–Trinajstić information content (AvgIpc) is 2.53. The number of nitrogens with one attached hydrogen (secondary N) is 1. The van der Waals surface area contributed by atoms with Gasteiger partial charge in [-0.3, -0.25) is 0 Å². The van der Waals surface area contributed by atoms with Gasteiger partial charge in [0, 0.05) is 12.1 Å². The number of carbonyl (C=O) groups is 1. The van der Waals surface area contributed by atoms with Crippen molar-refractivity contribution in [1.82, 2.24) is 4.72 Å². The Morgan fingerprint density at radius 1 is 1.26 bits per heavy atom. The van der Waals surface area contributed by atoms with Crippen LogP contribution in [-0.2, 0) is 21.3 Å². The summed E-state index contributed by atoms with van der Waals surface area (Å²) in [4.78, 5) is 11.4. The van der Waals surface area contributed by atoms with E-state index in [1.54, 1.807) is 6.07 Å². The molecular weight excluding hydrogens is 345 g/mol. The van der Waals surface area contributed by atoms with Gasteiger partial charge in [0.25, 0.3) is 0 Å². The van der Waals surface area contributed by atoms with Crippen LogP contribution in [0.25, 0.3) is 0 Å². The van der Waals surface area contributed by atoms with Crippen molar-refractivity contribution < 1.29 is 22.3 Å². The maximum Gasteiger partial charge on any atom is 0.339 e. The number of hydrogen-bond acceptors (Lipinski definition) is 4. The van der Waals surface area contributed by atoms with Crippen molar-refractivity contribution >= 4 is 27.6 Å². The second-order valence-corrected chi connectivity index (χ2v) is 6.72. The first-order chi connectivity index (χ1) is 10.8. The molecule has 5 nitrogen and oxygen atoms in total. The molecule has 0 saturated carbocycles. The molecular formula is C15H13ClFNO4S. The van der Waals surface area contributed by atoms with Gasteiger partial charge in [-0.25, -0.2) is 22.3 Å². The second-order valence-electron chi connectivity index (χ2n) is 4.55. The number of carbonyl (C=O) groups excluding carboxylic acids is 1. The Bertz CT molecular complexity index is 839. The molecule has 0 aromatic heterocycles. The Kier molecular flexibility index (Phi) is 5.35. The van der Waals surface area contributed by atoms with Gasteiger partial charge in [0.05, 0.1) is 22.6 Å². The molecule has 0 saturated heterocycles. The van der Waals surface area contributed by atoms with Gasteiger partial charge in [0.1, 0.15) is 5.82 Å². The Morgan fingerprint density at radius 2 is 1.96 bits per heavy atom. The molecule has 0 bridgehead atoms. The molecule has 0 unspecified atom stereocenters. The first-order valence-corrected chi connectivity index (χ1v) is 8.32. The smallest absolute Gasteiger partial charge is 0.339 e. The van der Waals surface area contributed by atoms with Crippen molar-refractivity contribution in [3.8, 4) is 0 Å². The van der Waals surface area contributed by atoms with E-state index < -0.39 is 21.8 Å². The minimum atomic E-state index is -3.94. The van der Waals surface area contributed by atoms with E-state index >= 15 is 0 Å². The molecule has 0 aliphatic rings. The number of hydrogen-bond donors (Lipinski definition) is 1. The summed E-state index contributed by atoms with van der Waals surface area (Å²) in [6.45, 7) is -0.217. The molecule has 0 aliphatic carbocycles. The molecule has 1 N–H and O–H groups in total. The van der Waals surface area contributed by atoms with Crippen LogP contribution in [0.1, 0.15) is 15.9 Å².